The van der Waals surface area contributed by atoms with Gasteiger partial charge in [0.2, 0.25) is 0 Å². The molecule has 11 heteroatoms. The molecule has 5 heterocycles. The number of rotatable bonds is 5. The summed E-state index contributed by atoms with van der Waals surface area (Å²) in [6.07, 6.45) is 7.80. The molecule has 0 spiro atoms. The van der Waals surface area contributed by atoms with Crippen molar-refractivity contribution in [2.24, 2.45) is 0 Å². The number of carbonyl (C=O) groups is 2. The van der Waals surface area contributed by atoms with Gasteiger partial charge in [0.25, 0.3) is 5.91 Å². The second kappa shape index (κ2) is 10.9. The van der Waals surface area contributed by atoms with Gasteiger partial charge in [-0.2, -0.15) is 0 Å². The second-order valence-electron chi connectivity index (χ2n) is 9.99. The minimum Gasteiger partial charge on any atom is -0.378 e. The van der Waals surface area contributed by atoms with Gasteiger partial charge in [-0.25, -0.2) is 14.8 Å². The number of carbonyl (C=O) groups excluding carboxylic acids is 2. The molecule has 3 aromatic heterocycles. The van der Waals surface area contributed by atoms with E-state index in [1.807, 2.05) is 48.0 Å². The van der Waals surface area contributed by atoms with Gasteiger partial charge in [0.05, 0.1) is 24.5 Å². The van der Waals surface area contributed by atoms with E-state index < -0.39 is 6.23 Å². The molecule has 6 rings (SSSR count). The van der Waals surface area contributed by atoms with E-state index in [9.17, 15) is 14.7 Å². The molecular formula is C29H31N7O4. The van der Waals surface area contributed by atoms with Gasteiger partial charge >= 0.3 is 6.03 Å². The van der Waals surface area contributed by atoms with E-state index in [2.05, 4.69) is 20.6 Å². The molecule has 3 N–H and O–H groups in total. The maximum atomic E-state index is 12.8. The van der Waals surface area contributed by atoms with Gasteiger partial charge < -0.3 is 29.8 Å². The number of benzene rings is 1. The van der Waals surface area contributed by atoms with Crippen LogP contribution in [0.3, 0.4) is 0 Å². The van der Waals surface area contributed by atoms with Crippen LogP contribution in [0.1, 0.15) is 28.8 Å². The lowest BCUT2D eigenvalue weighted by atomic mass is 10.00. The molecule has 206 valence electrons. The lowest BCUT2D eigenvalue weighted by molar-refractivity contribution is 0.0302. The maximum absolute atomic E-state index is 12.8. The molecule has 1 unspecified atom stereocenters. The average Bonchev–Trinajstić information content (AvgIpc) is 3.64. The van der Waals surface area contributed by atoms with Crippen LogP contribution in [0.25, 0.3) is 16.8 Å². The molecular weight excluding hydrogens is 510 g/mol. The van der Waals surface area contributed by atoms with Crippen molar-refractivity contribution in [1.29, 1.82) is 0 Å². The standard InChI is InChI=1S/C29H31N7O4/c1-19-22(4-2-5-23(19)33-29(39)36-10-3-6-26(36)37)21-16-24(27-30-9-11-35(27)18-21)32-25-8-7-20(17-31-25)28(38)34-12-14-40-15-13-34/h2,4-5,7-9,11,16-18,26,37H,3,6,10,12-15H2,1H3,(H,31,32)(H,33,39). The van der Waals surface area contributed by atoms with Crippen molar-refractivity contribution in [3.05, 3.63) is 72.3 Å². The normalized spacial score (nSPS) is 17.3. The Morgan fingerprint density at radius 2 is 1.93 bits per heavy atom. The topological polar surface area (TPSA) is 124 Å². The first-order chi connectivity index (χ1) is 19.5. The summed E-state index contributed by atoms with van der Waals surface area (Å²) in [5.41, 5.74) is 5.45. The third kappa shape index (κ3) is 5.08. The Morgan fingerprint density at radius 3 is 2.67 bits per heavy atom. The third-order valence-electron chi connectivity index (χ3n) is 7.43. The van der Waals surface area contributed by atoms with Gasteiger partial charge in [-0.05, 0) is 55.2 Å². The Bertz CT molecular complexity index is 1550. The molecule has 0 aliphatic carbocycles. The summed E-state index contributed by atoms with van der Waals surface area (Å²) in [6, 6.07) is 11.0. The summed E-state index contributed by atoms with van der Waals surface area (Å²) in [5.74, 6) is 0.532. The van der Waals surface area contributed by atoms with Crippen LogP contribution in [-0.2, 0) is 4.74 Å². The maximum Gasteiger partial charge on any atom is 0.323 e. The quantitative estimate of drug-likeness (QED) is 0.350. The number of aliphatic hydroxyl groups is 1. The van der Waals surface area contributed by atoms with Crippen LogP contribution in [0, 0.1) is 6.92 Å². The van der Waals surface area contributed by atoms with Crippen LogP contribution in [0.2, 0.25) is 0 Å². The van der Waals surface area contributed by atoms with E-state index in [1.54, 1.807) is 29.4 Å². The van der Waals surface area contributed by atoms with Gasteiger partial charge in [0, 0.05) is 55.7 Å². The molecule has 1 aromatic carbocycles. The number of likely N-dealkylation sites (tertiary alicyclic amines) is 1. The van der Waals surface area contributed by atoms with E-state index in [0.717, 1.165) is 34.4 Å². The highest BCUT2D eigenvalue weighted by Gasteiger charge is 2.27. The summed E-state index contributed by atoms with van der Waals surface area (Å²) in [4.78, 5) is 37.8. The van der Waals surface area contributed by atoms with Gasteiger partial charge in [0.15, 0.2) is 5.65 Å². The van der Waals surface area contributed by atoms with Crippen molar-refractivity contribution in [3.8, 4) is 11.1 Å². The van der Waals surface area contributed by atoms with Crippen LogP contribution >= 0.6 is 0 Å². The van der Waals surface area contributed by atoms with Crippen LogP contribution < -0.4 is 10.6 Å². The molecule has 0 bridgehead atoms. The molecule has 40 heavy (non-hydrogen) atoms. The smallest absolute Gasteiger partial charge is 0.323 e. The lowest BCUT2D eigenvalue weighted by Crippen LogP contribution is -2.40. The van der Waals surface area contributed by atoms with E-state index in [-0.39, 0.29) is 11.9 Å². The summed E-state index contributed by atoms with van der Waals surface area (Å²) >= 11 is 0. The monoisotopic (exact) mass is 541 g/mol. The number of hydrogen-bond donors (Lipinski definition) is 3. The predicted octanol–water partition coefficient (Wildman–Crippen LogP) is 3.87. The third-order valence-corrected chi connectivity index (χ3v) is 7.43. The van der Waals surface area contributed by atoms with E-state index in [0.29, 0.717) is 56.3 Å². The first kappa shape index (κ1) is 25.8. The highest BCUT2D eigenvalue weighted by atomic mass is 16.5. The molecule has 11 nitrogen and oxygen atoms in total. The number of amides is 3. The van der Waals surface area contributed by atoms with Crippen molar-refractivity contribution >= 4 is 34.8 Å². The number of hydrogen-bond acceptors (Lipinski definition) is 7. The number of nitrogens with one attached hydrogen (secondary N) is 2. The molecule has 1 atom stereocenters. The van der Waals surface area contributed by atoms with E-state index in [4.69, 9.17) is 4.74 Å². The molecule has 0 saturated carbocycles. The number of anilines is 3. The zero-order chi connectivity index (χ0) is 27.6. The van der Waals surface area contributed by atoms with Crippen molar-refractivity contribution in [3.63, 3.8) is 0 Å². The Labute approximate surface area is 231 Å². The van der Waals surface area contributed by atoms with Gasteiger partial charge in [-0.3, -0.25) is 9.69 Å². The predicted molar refractivity (Wildman–Crippen MR) is 151 cm³/mol. The summed E-state index contributed by atoms with van der Waals surface area (Å²) in [7, 11) is 0. The van der Waals surface area contributed by atoms with Gasteiger partial charge in [-0.15, -0.1) is 0 Å². The highest BCUT2D eigenvalue weighted by Crippen LogP contribution is 2.33. The number of aromatic nitrogens is 3. The number of imidazole rings is 1. The molecule has 2 aliphatic rings. The van der Waals surface area contributed by atoms with Crippen LogP contribution in [0.5, 0.6) is 0 Å². The Morgan fingerprint density at radius 1 is 1.07 bits per heavy atom. The van der Waals surface area contributed by atoms with E-state index >= 15 is 0 Å². The highest BCUT2D eigenvalue weighted by molar-refractivity contribution is 5.94. The van der Waals surface area contributed by atoms with Gasteiger partial charge in [-0.1, -0.05) is 12.1 Å². The number of morpholine rings is 1. The molecule has 0 radical (unpaired) electrons. The number of urea groups is 1. The average molecular weight is 542 g/mol. The zero-order valence-corrected chi connectivity index (χ0v) is 22.2. The largest absolute Gasteiger partial charge is 0.378 e. The lowest BCUT2D eigenvalue weighted by Gasteiger charge is -2.26. The van der Waals surface area contributed by atoms with Crippen molar-refractivity contribution in [2.75, 3.05) is 43.5 Å². The summed E-state index contributed by atoms with van der Waals surface area (Å²) in [5, 5.41) is 16.4. The molecule has 4 aromatic rings. The number of ether oxygens (including phenoxy) is 1. The van der Waals surface area contributed by atoms with Crippen LogP contribution in [-0.4, -0.2) is 80.3 Å². The first-order valence-electron chi connectivity index (χ1n) is 13.4. The van der Waals surface area contributed by atoms with Crippen molar-refractivity contribution in [1.82, 2.24) is 24.2 Å². The Hall–Kier alpha value is -4.48. The number of fused-ring (bicyclic) bond motifs is 1. The Kier molecular flexibility index (Phi) is 7.06. The molecule has 3 amide bonds. The van der Waals surface area contributed by atoms with Crippen molar-refractivity contribution < 1.29 is 19.4 Å². The van der Waals surface area contributed by atoms with Crippen LogP contribution in [0.15, 0.2) is 61.2 Å². The molecule has 2 fully saturated rings. The number of nitrogens with zero attached hydrogens (tertiary/aromatic N) is 5. The zero-order valence-electron chi connectivity index (χ0n) is 22.2. The minimum atomic E-state index is -0.749. The van der Waals surface area contributed by atoms with Gasteiger partial charge in [0.1, 0.15) is 12.0 Å². The fraction of sp³-hybridized carbons (Fsp3) is 0.310. The fourth-order valence-corrected chi connectivity index (χ4v) is 5.21. The summed E-state index contributed by atoms with van der Waals surface area (Å²) < 4.78 is 7.27. The first-order valence-corrected chi connectivity index (χ1v) is 13.4. The summed E-state index contributed by atoms with van der Waals surface area (Å²) in [6.45, 7) is 4.75. The van der Waals surface area contributed by atoms with Crippen molar-refractivity contribution in [2.45, 2.75) is 26.0 Å². The Balaban J connectivity index is 1.26. The number of pyridine rings is 2. The molecule has 2 saturated heterocycles. The van der Waals surface area contributed by atoms with Crippen LogP contribution in [0.4, 0.5) is 22.0 Å². The SMILES string of the molecule is Cc1c(NC(=O)N2CCCC2O)cccc1-c1cc(Nc2ccc(C(=O)N3CCOCC3)cn2)c2nccn2c1. The molecule has 2 aliphatic heterocycles. The second-order valence-corrected chi connectivity index (χ2v) is 9.99. The number of aliphatic hydroxyl groups excluding tert-OH is 1. The van der Waals surface area contributed by atoms with E-state index in [1.165, 1.54) is 4.90 Å². The fourth-order valence-electron chi connectivity index (χ4n) is 5.21. The minimum absolute atomic E-state index is 0.0540.